The van der Waals surface area contributed by atoms with Crippen LogP contribution in [0.3, 0.4) is 0 Å². The quantitative estimate of drug-likeness (QED) is 0.452. The van der Waals surface area contributed by atoms with Crippen molar-refractivity contribution in [2.45, 2.75) is 37.5 Å². The largest absolute Gasteiger partial charge is 0.542 e. The Bertz CT molecular complexity index is 439. The first-order chi connectivity index (χ1) is 9.65. The molecular formula is C11H13F3N3O4W-. The van der Waals surface area contributed by atoms with Crippen molar-refractivity contribution < 1.29 is 59.5 Å². The van der Waals surface area contributed by atoms with E-state index in [0.29, 0.717) is 6.54 Å². The number of hydrogen-bond acceptors (Lipinski definition) is 5. The van der Waals surface area contributed by atoms with Crippen molar-refractivity contribution in [2.75, 3.05) is 6.54 Å². The van der Waals surface area contributed by atoms with Gasteiger partial charge >= 0.3 is 6.18 Å². The Balaban J connectivity index is 0. The molecular weight excluding hydrogens is 479 g/mol. The van der Waals surface area contributed by atoms with Gasteiger partial charge in [0.15, 0.2) is 0 Å². The Morgan fingerprint density at radius 1 is 1.50 bits per heavy atom. The SMILES string of the molecule is N#C[C@@H]1CCCN1C(=O)[C@@H]([NH3+])C[C-]=O.O=C([O-])C(F)(F)F.[W]. The molecule has 0 aromatic rings. The maximum absolute atomic E-state index is 11.6. The number of alkyl halides is 3. The molecule has 2 atom stereocenters. The molecule has 1 heterocycles. The predicted octanol–water partition coefficient (Wildman–Crippen LogP) is -2.09. The molecule has 0 aliphatic carbocycles. The van der Waals surface area contributed by atoms with Gasteiger partial charge in [-0.1, -0.05) is 6.42 Å². The zero-order chi connectivity index (χ0) is 16.6. The van der Waals surface area contributed by atoms with Gasteiger partial charge in [0.05, 0.1) is 6.07 Å². The third kappa shape index (κ3) is 7.52. The van der Waals surface area contributed by atoms with E-state index in [1.165, 1.54) is 4.90 Å². The Labute approximate surface area is 138 Å². The average molecular weight is 492 g/mol. The van der Waals surface area contributed by atoms with Crippen molar-refractivity contribution in [3.05, 3.63) is 0 Å². The fraction of sp³-hybridized carbons (Fsp3) is 0.636. The van der Waals surface area contributed by atoms with Gasteiger partial charge in [0.1, 0.15) is 18.1 Å². The van der Waals surface area contributed by atoms with Gasteiger partial charge in [-0.25, -0.2) is 0 Å². The van der Waals surface area contributed by atoms with Crippen LogP contribution >= 0.6 is 0 Å². The molecule has 3 N–H and O–H groups in total. The van der Waals surface area contributed by atoms with E-state index in [1.807, 2.05) is 0 Å². The van der Waals surface area contributed by atoms with Gasteiger partial charge in [-0.3, -0.25) is 11.1 Å². The van der Waals surface area contributed by atoms with E-state index in [2.05, 4.69) is 11.8 Å². The molecule has 1 amide bonds. The van der Waals surface area contributed by atoms with Gasteiger partial charge < -0.3 is 25.3 Å². The van der Waals surface area contributed by atoms with Gasteiger partial charge in [-0.2, -0.15) is 18.4 Å². The van der Waals surface area contributed by atoms with Crippen molar-refractivity contribution in [3.63, 3.8) is 0 Å². The summed E-state index contributed by atoms with van der Waals surface area (Å²) in [6, 6.07) is 1.14. The van der Waals surface area contributed by atoms with Crippen molar-refractivity contribution in [1.29, 1.82) is 5.26 Å². The number of likely N-dealkylation sites (tertiary alicyclic amines) is 1. The van der Waals surface area contributed by atoms with Crippen LogP contribution in [-0.4, -0.2) is 47.9 Å². The minimum atomic E-state index is -5.19. The van der Waals surface area contributed by atoms with E-state index in [1.54, 1.807) is 6.29 Å². The summed E-state index contributed by atoms with van der Waals surface area (Å²) in [5.74, 6) is -3.22. The number of halogens is 3. The topological polar surface area (TPSA) is 129 Å². The van der Waals surface area contributed by atoms with Crippen molar-refractivity contribution in [3.8, 4) is 6.07 Å². The zero-order valence-corrected chi connectivity index (χ0v) is 14.2. The molecule has 1 rings (SSSR count). The van der Waals surface area contributed by atoms with Crippen LogP contribution < -0.4 is 10.8 Å². The smallest absolute Gasteiger partial charge is 0.430 e. The summed E-state index contributed by atoms with van der Waals surface area (Å²) < 4.78 is 31.5. The third-order valence-electron chi connectivity index (χ3n) is 2.60. The molecule has 0 aromatic heterocycles. The minimum Gasteiger partial charge on any atom is -0.542 e. The summed E-state index contributed by atoms with van der Waals surface area (Å²) in [5, 5.41) is 17.5. The molecule has 1 fully saturated rings. The number of carbonyl (C=O) groups excluding carboxylic acids is 3. The molecule has 0 bridgehead atoms. The number of carbonyl (C=O) groups is 2. The number of carboxylic acids is 1. The second-order valence-electron chi connectivity index (χ2n) is 4.15. The molecule has 0 saturated carbocycles. The summed E-state index contributed by atoms with van der Waals surface area (Å²) in [6.07, 6.45) is -1.95. The Morgan fingerprint density at radius 3 is 2.36 bits per heavy atom. The number of nitrogens with zero attached hydrogens (tertiary/aromatic N) is 2. The van der Waals surface area contributed by atoms with Crippen LogP contribution in [0.5, 0.6) is 0 Å². The number of carboxylic acid groups (broad SMARTS) is 1. The predicted molar refractivity (Wildman–Crippen MR) is 58.4 cm³/mol. The first-order valence-corrected chi connectivity index (χ1v) is 5.81. The van der Waals surface area contributed by atoms with Gasteiger partial charge in [0.2, 0.25) is 0 Å². The van der Waals surface area contributed by atoms with E-state index in [0.717, 1.165) is 12.8 Å². The molecule has 22 heavy (non-hydrogen) atoms. The van der Waals surface area contributed by atoms with Gasteiger partial charge in [-0.05, 0) is 12.8 Å². The van der Waals surface area contributed by atoms with E-state index >= 15 is 0 Å². The Hall–Kier alpha value is -1.46. The van der Waals surface area contributed by atoms with Crippen molar-refractivity contribution in [1.82, 2.24) is 4.90 Å². The number of amides is 1. The molecule has 0 aromatic carbocycles. The third-order valence-corrected chi connectivity index (χ3v) is 2.60. The molecule has 124 valence electrons. The Morgan fingerprint density at radius 2 is 2.00 bits per heavy atom. The fourth-order valence-electron chi connectivity index (χ4n) is 1.59. The number of rotatable bonds is 3. The van der Waals surface area contributed by atoms with Crippen LogP contribution in [0, 0.1) is 11.3 Å². The van der Waals surface area contributed by atoms with Crippen LogP contribution in [0.25, 0.3) is 0 Å². The first-order valence-electron chi connectivity index (χ1n) is 5.81. The number of nitriles is 1. The first kappa shape index (κ1) is 22.8. The second kappa shape index (κ2) is 10.3. The summed E-state index contributed by atoms with van der Waals surface area (Å²) in [4.78, 5) is 32.0. The molecule has 0 spiro atoms. The molecule has 1 aliphatic rings. The fourth-order valence-corrected chi connectivity index (χ4v) is 1.59. The average Bonchev–Trinajstić information content (AvgIpc) is 2.85. The van der Waals surface area contributed by atoms with E-state index in [4.69, 9.17) is 15.2 Å². The summed E-state index contributed by atoms with van der Waals surface area (Å²) in [6.45, 7) is 0.599. The van der Waals surface area contributed by atoms with Crippen molar-refractivity contribution in [2.24, 2.45) is 0 Å². The van der Waals surface area contributed by atoms with E-state index < -0.39 is 18.2 Å². The molecule has 7 nitrogen and oxygen atoms in total. The standard InChI is InChI=1S/C9H12N3O2.C2HF3O2.W/c10-6-7-2-1-4-12(7)9(14)8(11)3-5-13;3-2(4,5)1(6)7;/h7-8H,1-4,11H2;(H,6,7);/q-1;;/t7-,8-;;/m0../s1. The second-order valence-corrected chi connectivity index (χ2v) is 4.15. The van der Waals surface area contributed by atoms with Gasteiger partial charge in [-0.15, -0.1) is 0 Å². The summed E-state index contributed by atoms with van der Waals surface area (Å²) in [5.41, 5.74) is 3.58. The van der Waals surface area contributed by atoms with Crippen LogP contribution in [0.2, 0.25) is 0 Å². The van der Waals surface area contributed by atoms with Gasteiger partial charge in [0.25, 0.3) is 5.91 Å². The zero-order valence-electron chi connectivity index (χ0n) is 11.3. The van der Waals surface area contributed by atoms with E-state index in [9.17, 15) is 22.8 Å². The number of aliphatic carboxylic acids is 1. The van der Waals surface area contributed by atoms with Crippen molar-refractivity contribution >= 4 is 18.2 Å². The van der Waals surface area contributed by atoms with E-state index in [-0.39, 0.29) is 39.4 Å². The summed E-state index contributed by atoms with van der Waals surface area (Å²) in [7, 11) is 0. The maximum atomic E-state index is 11.6. The van der Waals surface area contributed by atoms with Crippen LogP contribution in [0.4, 0.5) is 13.2 Å². The Kier molecular flexibility index (Phi) is 10.7. The number of quaternary nitrogens is 1. The number of hydrogen-bond donors (Lipinski definition) is 1. The molecule has 0 radical (unpaired) electrons. The maximum Gasteiger partial charge on any atom is 0.430 e. The van der Waals surface area contributed by atoms with Crippen LogP contribution in [-0.2, 0) is 35.4 Å². The summed E-state index contributed by atoms with van der Waals surface area (Å²) >= 11 is 0. The molecule has 0 unspecified atom stereocenters. The van der Waals surface area contributed by atoms with Gasteiger partial charge in [0, 0.05) is 27.6 Å². The molecule has 1 aliphatic heterocycles. The monoisotopic (exact) mass is 492 g/mol. The molecule has 1 saturated heterocycles. The van der Waals surface area contributed by atoms with Crippen LogP contribution in [0.15, 0.2) is 0 Å². The minimum absolute atomic E-state index is 0. The normalized spacial score (nSPS) is 18.1. The van der Waals surface area contributed by atoms with Crippen LogP contribution in [0.1, 0.15) is 19.3 Å². The molecule has 11 heteroatoms.